The van der Waals surface area contributed by atoms with Crippen LogP contribution in [-0.2, 0) is 4.43 Å². The monoisotopic (exact) mass is 390 g/mol. The molecule has 0 heterocycles. The Hall–Kier alpha value is -1.64. The molecular weight excluding hydrogens is 356 g/mol. The van der Waals surface area contributed by atoms with Crippen LogP contribution in [0.4, 0.5) is 0 Å². The lowest BCUT2D eigenvalue weighted by molar-refractivity contribution is 0.184. The summed E-state index contributed by atoms with van der Waals surface area (Å²) in [5.41, 5.74) is 1.76. The third kappa shape index (κ3) is 3.02. The molecule has 0 aliphatic heterocycles. The van der Waals surface area contributed by atoms with Crippen LogP contribution in [0, 0.1) is 17.3 Å². The molecule has 2 aliphatic carbocycles. The second kappa shape index (κ2) is 6.71. The Morgan fingerprint density at radius 1 is 0.893 bits per heavy atom. The van der Waals surface area contributed by atoms with E-state index in [9.17, 15) is 0 Å². The van der Waals surface area contributed by atoms with E-state index in [0.717, 1.165) is 24.7 Å². The molecule has 2 fully saturated rings. The van der Waals surface area contributed by atoms with E-state index in [0.29, 0.717) is 5.41 Å². The Balaban J connectivity index is 1.81. The van der Waals surface area contributed by atoms with Crippen molar-refractivity contribution < 1.29 is 4.43 Å². The minimum Gasteiger partial charge on any atom is -0.401 e. The summed E-state index contributed by atoms with van der Waals surface area (Å²) in [7, 11) is -2.50. The van der Waals surface area contributed by atoms with Crippen LogP contribution in [-0.4, -0.2) is 14.4 Å². The molecule has 0 N–H and O–H groups in total. The van der Waals surface area contributed by atoms with Crippen molar-refractivity contribution in [3.8, 4) is 0 Å². The van der Waals surface area contributed by atoms with Crippen molar-refractivity contribution in [2.75, 3.05) is 0 Å². The van der Waals surface area contributed by atoms with Gasteiger partial charge in [0.25, 0.3) is 8.32 Å². The lowest BCUT2D eigenvalue weighted by Crippen LogP contribution is -2.68. The summed E-state index contributed by atoms with van der Waals surface area (Å²) < 4.78 is 7.36. The van der Waals surface area contributed by atoms with Gasteiger partial charge < -0.3 is 4.43 Å². The van der Waals surface area contributed by atoms with Gasteiger partial charge in [0, 0.05) is 0 Å². The van der Waals surface area contributed by atoms with E-state index in [1.54, 1.807) is 0 Å². The molecule has 148 valence electrons. The Kier molecular flexibility index (Phi) is 4.71. The molecule has 2 saturated carbocycles. The van der Waals surface area contributed by atoms with E-state index in [1.165, 1.54) is 15.9 Å². The van der Waals surface area contributed by atoms with Gasteiger partial charge in [0.2, 0.25) is 0 Å². The van der Waals surface area contributed by atoms with Gasteiger partial charge in [-0.15, -0.1) is 0 Å². The summed E-state index contributed by atoms with van der Waals surface area (Å²) in [6.45, 7) is 16.4. The highest BCUT2D eigenvalue weighted by Gasteiger charge is 2.61. The topological polar surface area (TPSA) is 9.23 Å². The largest absolute Gasteiger partial charge is 0.401 e. The van der Waals surface area contributed by atoms with Crippen LogP contribution in [0.5, 0.6) is 0 Å². The molecule has 0 saturated heterocycles. The summed E-state index contributed by atoms with van der Waals surface area (Å²) in [6.07, 6.45) is 2.41. The van der Waals surface area contributed by atoms with Crippen LogP contribution >= 0.6 is 0 Å². The summed E-state index contributed by atoms with van der Waals surface area (Å²) in [5.74, 6) is 1.58. The van der Waals surface area contributed by atoms with Crippen LogP contribution in [0.25, 0.3) is 0 Å². The molecule has 2 aliphatic rings. The minimum atomic E-state index is -2.50. The highest BCUT2D eigenvalue weighted by atomic mass is 28.4. The molecule has 2 aromatic carbocycles. The van der Waals surface area contributed by atoms with Gasteiger partial charge in [-0.2, -0.15) is 0 Å². The maximum absolute atomic E-state index is 7.36. The van der Waals surface area contributed by atoms with Crippen LogP contribution < -0.4 is 10.4 Å². The van der Waals surface area contributed by atoms with Crippen molar-refractivity contribution in [2.45, 2.75) is 58.6 Å². The third-order valence-electron chi connectivity index (χ3n) is 7.43. The molecule has 0 aromatic heterocycles. The van der Waals surface area contributed by atoms with Gasteiger partial charge >= 0.3 is 0 Å². The SMILES string of the molecule is C=C1C[C@H]2[C@@H](C[C@H]1O[Si](c1ccccc1)(c1ccccc1)C(C)(C)C)C2(C)C. The second-order valence-corrected chi connectivity index (χ2v) is 14.7. The highest BCUT2D eigenvalue weighted by molar-refractivity contribution is 6.99. The van der Waals surface area contributed by atoms with Crippen molar-refractivity contribution in [1.29, 1.82) is 0 Å². The van der Waals surface area contributed by atoms with Gasteiger partial charge in [0.1, 0.15) is 0 Å². The Morgan fingerprint density at radius 2 is 1.39 bits per heavy atom. The molecule has 0 spiro atoms. The van der Waals surface area contributed by atoms with Gasteiger partial charge in [-0.3, -0.25) is 0 Å². The maximum Gasteiger partial charge on any atom is 0.261 e. The number of hydrogen-bond donors (Lipinski definition) is 0. The van der Waals surface area contributed by atoms with E-state index in [1.807, 2.05) is 0 Å². The first-order chi connectivity index (χ1) is 13.2. The van der Waals surface area contributed by atoms with Gasteiger partial charge in [-0.05, 0) is 51.1 Å². The fraction of sp³-hybridized carbons (Fsp3) is 0.462. The first kappa shape index (κ1) is 19.7. The number of hydrogen-bond acceptors (Lipinski definition) is 1. The maximum atomic E-state index is 7.36. The molecular formula is C26H34OSi. The number of benzene rings is 2. The van der Waals surface area contributed by atoms with Crippen molar-refractivity contribution >= 4 is 18.7 Å². The molecule has 2 heteroatoms. The molecule has 3 atom stereocenters. The quantitative estimate of drug-likeness (QED) is 0.491. The van der Waals surface area contributed by atoms with Crippen molar-refractivity contribution in [1.82, 2.24) is 0 Å². The van der Waals surface area contributed by atoms with Crippen molar-refractivity contribution in [3.05, 3.63) is 72.8 Å². The molecule has 0 amide bonds. The van der Waals surface area contributed by atoms with Crippen LogP contribution in [0.1, 0.15) is 47.5 Å². The van der Waals surface area contributed by atoms with E-state index in [4.69, 9.17) is 4.43 Å². The van der Waals surface area contributed by atoms with Crippen molar-refractivity contribution in [2.24, 2.45) is 17.3 Å². The van der Waals surface area contributed by atoms with E-state index in [-0.39, 0.29) is 11.1 Å². The third-order valence-corrected chi connectivity index (χ3v) is 12.5. The van der Waals surface area contributed by atoms with Crippen LogP contribution in [0.15, 0.2) is 72.8 Å². The van der Waals surface area contributed by atoms with E-state index in [2.05, 4.69) is 102 Å². The fourth-order valence-electron chi connectivity index (χ4n) is 5.58. The van der Waals surface area contributed by atoms with Gasteiger partial charge in [-0.1, -0.05) is 102 Å². The number of fused-ring (bicyclic) bond motifs is 1. The van der Waals surface area contributed by atoms with Gasteiger partial charge in [0.15, 0.2) is 0 Å². The molecule has 4 rings (SSSR count). The lowest BCUT2D eigenvalue weighted by atomic mass is 9.94. The molecule has 28 heavy (non-hydrogen) atoms. The Morgan fingerprint density at radius 3 is 1.86 bits per heavy atom. The molecule has 0 bridgehead atoms. The standard InChI is InChI=1S/C26H34OSi/c1-19-17-22-23(26(22,5)6)18-24(19)27-28(25(2,3)4,20-13-9-7-10-14-20)21-15-11-8-12-16-21/h7-16,22-24H,1,17-18H2,2-6H3/t22-,23+,24+/m0/s1. The zero-order chi connectivity index (χ0) is 20.2. The van der Waals surface area contributed by atoms with Gasteiger partial charge in [0.05, 0.1) is 6.10 Å². The Labute approximate surface area is 172 Å². The normalized spacial score (nSPS) is 26.6. The average molecular weight is 391 g/mol. The smallest absolute Gasteiger partial charge is 0.261 e. The first-order valence-electron chi connectivity index (χ1n) is 10.6. The predicted molar refractivity (Wildman–Crippen MR) is 122 cm³/mol. The highest BCUT2D eigenvalue weighted by Crippen LogP contribution is 2.66. The molecule has 1 nitrogen and oxygen atoms in total. The summed E-state index contributed by atoms with van der Waals surface area (Å²) >= 11 is 0. The van der Waals surface area contributed by atoms with Gasteiger partial charge in [-0.25, -0.2) is 0 Å². The number of rotatable bonds is 4. The Bertz CT molecular complexity index is 808. The minimum absolute atomic E-state index is 0.0197. The molecule has 0 unspecified atom stereocenters. The summed E-state index contributed by atoms with van der Waals surface area (Å²) in [6, 6.07) is 21.9. The predicted octanol–water partition coefficient (Wildman–Crippen LogP) is 5.55. The fourth-order valence-corrected chi connectivity index (χ4v) is 10.3. The summed E-state index contributed by atoms with van der Waals surface area (Å²) in [4.78, 5) is 0. The average Bonchev–Trinajstić information content (AvgIpc) is 3.19. The first-order valence-corrected chi connectivity index (χ1v) is 12.6. The molecule has 0 radical (unpaired) electrons. The lowest BCUT2D eigenvalue weighted by Gasteiger charge is -2.46. The zero-order valence-electron chi connectivity index (χ0n) is 18.0. The molecule has 2 aromatic rings. The van der Waals surface area contributed by atoms with E-state index >= 15 is 0 Å². The zero-order valence-corrected chi connectivity index (χ0v) is 19.0. The van der Waals surface area contributed by atoms with Crippen LogP contribution in [0.3, 0.4) is 0 Å². The van der Waals surface area contributed by atoms with Crippen molar-refractivity contribution in [3.63, 3.8) is 0 Å². The van der Waals surface area contributed by atoms with E-state index < -0.39 is 8.32 Å². The summed E-state index contributed by atoms with van der Waals surface area (Å²) in [5, 5.41) is 2.74. The van der Waals surface area contributed by atoms with Crippen LogP contribution in [0.2, 0.25) is 5.04 Å². The second-order valence-electron chi connectivity index (χ2n) is 10.4.